The number of hydrogen-bond donors (Lipinski definition) is 2. The quantitative estimate of drug-likeness (QED) is 0.341. The summed E-state index contributed by atoms with van der Waals surface area (Å²) in [6.45, 7) is 1.81. The third-order valence-electron chi connectivity index (χ3n) is 5.92. The number of nitrogens with zero attached hydrogens (tertiary/aromatic N) is 1. The zero-order valence-electron chi connectivity index (χ0n) is 17.6. The highest BCUT2D eigenvalue weighted by atomic mass is 19.4. The van der Waals surface area contributed by atoms with Crippen LogP contribution in [0.4, 0.5) is 13.2 Å². The van der Waals surface area contributed by atoms with Crippen molar-refractivity contribution in [1.82, 2.24) is 14.8 Å². The summed E-state index contributed by atoms with van der Waals surface area (Å²) in [6, 6.07) is 21.9. The van der Waals surface area contributed by atoms with Gasteiger partial charge in [-0.25, -0.2) is 4.68 Å². The maximum atomic E-state index is 13.6. The second-order valence-corrected chi connectivity index (χ2v) is 7.97. The van der Waals surface area contributed by atoms with Crippen LogP contribution in [0.5, 0.6) is 0 Å². The van der Waals surface area contributed by atoms with E-state index >= 15 is 0 Å². The van der Waals surface area contributed by atoms with E-state index in [1.54, 1.807) is 0 Å². The molecule has 0 aliphatic rings. The van der Waals surface area contributed by atoms with E-state index in [1.165, 1.54) is 16.8 Å². The van der Waals surface area contributed by atoms with Crippen LogP contribution >= 0.6 is 0 Å². The average molecular weight is 447 g/mol. The lowest BCUT2D eigenvalue weighted by atomic mass is 9.84. The van der Waals surface area contributed by atoms with E-state index in [9.17, 15) is 18.0 Å². The van der Waals surface area contributed by atoms with Gasteiger partial charge in [0.25, 0.3) is 5.56 Å². The number of aromatic nitrogens is 3. The highest BCUT2D eigenvalue weighted by Gasteiger charge is 2.32. The number of benzene rings is 3. The van der Waals surface area contributed by atoms with Gasteiger partial charge in [-0.1, -0.05) is 48.5 Å². The second kappa shape index (κ2) is 7.85. The first-order valence-corrected chi connectivity index (χ1v) is 10.4. The molecule has 4 nitrogen and oxygen atoms in total. The normalized spacial score (nSPS) is 12.8. The minimum atomic E-state index is -4.43. The molecule has 1 atom stereocenters. The van der Waals surface area contributed by atoms with Gasteiger partial charge >= 0.3 is 6.18 Å². The van der Waals surface area contributed by atoms with E-state index in [0.29, 0.717) is 22.5 Å². The van der Waals surface area contributed by atoms with Crippen molar-refractivity contribution < 1.29 is 13.2 Å². The number of alkyl halides is 3. The molecule has 1 unspecified atom stereocenters. The van der Waals surface area contributed by atoms with Crippen molar-refractivity contribution in [2.24, 2.45) is 0 Å². The standard InChI is InChI=1S/C26H20F3N3O/c1-16-23(25(33)32(31-16)19-7-3-2-4-8-19)24(17-11-13-18(14-12-17)26(27,28)29)21-15-30-22-10-6-5-9-20(21)22/h2-15,24,30-31H,1H3. The number of nitrogens with one attached hydrogen (secondary N) is 2. The van der Waals surface area contributed by atoms with Crippen LogP contribution in [0.2, 0.25) is 0 Å². The fourth-order valence-electron chi connectivity index (χ4n) is 4.36. The molecule has 7 heteroatoms. The Bertz CT molecular complexity index is 1480. The molecule has 0 fully saturated rings. The summed E-state index contributed by atoms with van der Waals surface area (Å²) < 4.78 is 41.0. The predicted octanol–water partition coefficient (Wildman–Crippen LogP) is 6.15. The van der Waals surface area contributed by atoms with Crippen LogP contribution < -0.4 is 5.56 Å². The number of para-hydroxylation sites is 2. The van der Waals surface area contributed by atoms with Gasteiger partial charge in [-0.2, -0.15) is 13.2 Å². The Kier molecular flexibility index (Phi) is 4.96. The predicted molar refractivity (Wildman–Crippen MR) is 122 cm³/mol. The van der Waals surface area contributed by atoms with Crippen LogP contribution in [0.25, 0.3) is 16.6 Å². The minimum absolute atomic E-state index is 0.242. The van der Waals surface area contributed by atoms with Crippen LogP contribution in [0.3, 0.4) is 0 Å². The molecule has 2 N–H and O–H groups in total. The third-order valence-corrected chi connectivity index (χ3v) is 5.92. The van der Waals surface area contributed by atoms with Gasteiger partial charge in [0.2, 0.25) is 0 Å². The van der Waals surface area contributed by atoms with E-state index in [2.05, 4.69) is 10.1 Å². The fraction of sp³-hybridized carbons (Fsp3) is 0.115. The van der Waals surface area contributed by atoms with Crippen molar-refractivity contribution in [1.29, 1.82) is 0 Å². The second-order valence-electron chi connectivity index (χ2n) is 7.97. The summed E-state index contributed by atoms with van der Waals surface area (Å²) in [5.74, 6) is -0.558. The number of hydrogen-bond acceptors (Lipinski definition) is 1. The summed E-state index contributed by atoms with van der Waals surface area (Å²) in [7, 11) is 0. The van der Waals surface area contributed by atoms with E-state index < -0.39 is 17.7 Å². The average Bonchev–Trinajstić information content (AvgIpc) is 3.36. The molecule has 5 aromatic rings. The topological polar surface area (TPSA) is 53.6 Å². The van der Waals surface area contributed by atoms with Gasteiger partial charge in [0.1, 0.15) is 0 Å². The molecule has 5 rings (SSSR count). The molecule has 3 aromatic carbocycles. The van der Waals surface area contributed by atoms with Gasteiger partial charge < -0.3 is 4.98 Å². The largest absolute Gasteiger partial charge is 0.416 e. The first-order chi connectivity index (χ1) is 15.8. The van der Waals surface area contributed by atoms with Crippen LogP contribution in [0.15, 0.2) is 89.9 Å². The molecule has 33 heavy (non-hydrogen) atoms. The molecular weight excluding hydrogens is 427 g/mol. The fourth-order valence-corrected chi connectivity index (χ4v) is 4.36. The zero-order chi connectivity index (χ0) is 23.2. The molecular formula is C26H20F3N3O. The molecule has 0 spiro atoms. The Morgan fingerprint density at radius 3 is 2.24 bits per heavy atom. The molecule has 2 heterocycles. The van der Waals surface area contributed by atoms with Crippen molar-refractivity contribution in [3.8, 4) is 5.69 Å². The lowest BCUT2D eigenvalue weighted by Gasteiger charge is -2.17. The van der Waals surface area contributed by atoms with Crippen LogP contribution in [-0.4, -0.2) is 14.8 Å². The van der Waals surface area contributed by atoms with Crippen LogP contribution in [-0.2, 0) is 6.18 Å². The van der Waals surface area contributed by atoms with Crippen molar-refractivity contribution in [3.05, 3.63) is 123 Å². The molecule has 0 bridgehead atoms. The van der Waals surface area contributed by atoms with Crippen LogP contribution in [0.1, 0.15) is 33.9 Å². The van der Waals surface area contributed by atoms with Crippen molar-refractivity contribution >= 4 is 10.9 Å². The summed E-state index contributed by atoms with van der Waals surface area (Å²) in [4.78, 5) is 16.8. The van der Waals surface area contributed by atoms with Crippen molar-refractivity contribution in [2.45, 2.75) is 19.0 Å². The Morgan fingerprint density at radius 2 is 1.55 bits per heavy atom. The highest BCUT2D eigenvalue weighted by Crippen LogP contribution is 2.37. The SMILES string of the molecule is Cc1[nH]n(-c2ccccc2)c(=O)c1C(c1ccc(C(F)(F)F)cc1)c1c[nH]c2ccccc12. The number of aryl methyl sites for hydroxylation is 1. The van der Waals surface area contributed by atoms with Crippen molar-refractivity contribution in [2.75, 3.05) is 0 Å². The Balaban J connectivity index is 1.74. The molecule has 0 aliphatic heterocycles. The molecule has 0 radical (unpaired) electrons. The monoisotopic (exact) mass is 447 g/mol. The van der Waals surface area contributed by atoms with E-state index in [0.717, 1.165) is 28.6 Å². The van der Waals surface area contributed by atoms with Crippen molar-refractivity contribution in [3.63, 3.8) is 0 Å². The van der Waals surface area contributed by atoms with E-state index in [4.69, 9.17) is 0 Å². The molecule has 0 amide bonds. The number of fused-ring (bicyclic) bond motifs is 1. The smallest absolute Gasteiger partial charge is 0.361 e. The number of H-pyrrole nitrogens is 2. The Hall–Kier alpha value is -4.00. The molecule has 2 aromatic heterocycles. The number of halogens is 3. The summed E-state index contributed by atoms with van der Waals surface area (Å²) in [5.41, 5.74) is 3.17. The first-order valence-electron chi connectivity index (χ1n) is 10.4. The highest BCUT2D eigenvalue weighted by molar-refractivity contribution is 5.84. The van der Waals surface area contributed by atoms with Gasteiger partial charge in [-0.05, 0) is 48.4 Å². The lowest BCUT2D eigenvalue weighted by Crippen LogP contribution is -2.20. The van der Waals surface area contributed by atoms with Gasteiger partial charge in [-0.3, -0.25) is 9.89 Å². The Morgan fingerprint density at radius 1 is 0.879 bits per heavy atom. The van der Waals surface area contributed by atoms with Crippen LogP contribution in [0, 0.1) is 6.92 Å². The first kappa shape index (κ1) is 20.9. The van der Waals surface area contributed by atoms with Gasteiger partial charge in [0.05, 0.1) is 16.8 Å². The lowest BCUT2D eigenvalue weighted by molar-refractivity contribution is -0.137. The number of aromatic amines is 2. The molecule has 0 saturated carbocycles. The maximum absolute atomic E-state index is 13.6. The third kappa shape index (κ3) is 3.65. The maximum Gasteiger partial charge on any atom is 0.416 e. The van der Waals surface area contributed by atoms with Gasteiger partial charge in [0.15, 0.2) is 0 Å². The summed E-state index contributed by atoms with van der Waals surface area (Å²) >= 11 is 0. The molecule has 166 valence electrons. The number of rotatable bonds is 4. The van der Waals surface area contributed by atoms with E-state index in [1.807, 2.05) is 67.7 Å². The van der Waals surface area contributed by atoms with Gasteiger partial charge in [-0.15, -0.1) is 0 Å². The van der Waals surface area contributed by atoms with E-state index in [-0.39, 0.29) is 5.56 Å². The summed E-state index contributed by atoms with van der Waals surface area (Å²) in [5, 5.41) is 4.05. The minimum Gasteiger partial charge on any atom is -0.361 e. The summed E-state index contributed by atoms with van der Waals surface area (Å²) in [6.07, 6.45) is -2.61. The van der Waals surface area contributed by atoms with Gasteiger partial charge in [0, 0.05) is 28.7 Å². The Labute approximate surface area is 187 Å². The zero-order valence-corrected chi connectivity index (χ0v) is 17.6. The molecule has 0 aliphatic carbocycles. The molecule has 0 saturated heterocycles.